The maximum absolute atomic E-state index is 6.09. The van der Waals surface area contributed by atoms with Gasteiger partial charge in [0, 0.05) is 29.6 Å². The fourth-order valence-corrected chi connectivity index (χ4v) is 4.05. The summed E-state index contributed by atoms with van der Waals surface area (Å²) in [7, 11) is 0. The second-order valence-electron chi connectivity index (χ2n) is 8.41. The number of rotatable bonds is 2. The highest BCUT2D eigenvalue weighted by Crippen LogP contribution is 2.36. The van der Waals surface area contributed by atoms with Crippen molar-refractivity contribution < 1.29 is 0 Å². The van der Waals surface area contributed by atoms with Crippen LogP contribution in [0, 0.1) is 5.41 Å². The van der Waals surface area contributed by atoms with E-state index in [1.54, 1.807) is 0 Å². The summed E-state index contributed by atoms with van der Waals surface area (Å²) < 4.78 is 0. The summed E-state index contributed by atoms with van der Waals surface area (Å²) >= 11 is 0. The molecule has 1 unspecified atom stereocenters. The van der Waals surface area contributed by atoms with Gasteiger partial charge in [-0.3, -0.25) is 5.10 Å². The molecule has 2 aromatic heterocycles. The number of nitrogens with zero attached hydrogens (tertiary/aromatic N) is 4. The predicted molar refractivity (Wildman–Crippen MR) is 110 cm³/mol. The Labute approximate surface area is 159 Å². The van der Waals surface area contributed by atoms with E-state index in [4.69, 9.17) is 11.5 Å². The molecule has 3 aromatic rings. The summed E-state index contributed by atoms with van der Waals surface area (Å²) in [5.41, 5.74) is 14.8. The van der Waals surface area contributed by atoms with Gasteiger partial charge in [0.15, 0.2) is 5.82 Å². The van der Waals surface area contributed by atoms with Crippen LogP contribution < -0.4 is 16.4 Å². The van der Waals surface area contributed by atoms with Gasteiger partial charge in [-0.1, -0.05) is 26.8 Å². The van der Waals surface area contributed by atoms with Gasteiger partial charge in [0.1, 0.15) is 5.82 Å². The van der Waals surface area contributed by atoms with Crippen molar-refractivity contribution in [3.05, 3.63) is 24.3 Å². The van der Waals surface area contributed by atoms with Crippen LogP contribution in [0.25, 0.3) is 22.2 Å². The van der Waals surface area contributed by atoms with E-state index >= 15 is 0 Å². The third kappa shape index (κ3) is 3.29. The Morgan fingerprint density at radius 1 is 1.11 bits per heavy atom. The molecule has 7 nitrogen and oxygen atoms in total. The van der Waals surface area contributed by atoms with Crippen LogP contribution in [-0.2, 0) is 0 Å². The molecule has 1 aliphatic heterocycles. The first-order valence-corrected chi connectivity index (χ1v) is 9.48. The lowest BCUT2D eigenvalue weighted by Gasteiger charge is -2.44. The van der Waals surface area contributed by atoms with Crippen LogP contribution in [0.3, 0.4) is 0 Å². The van der Waals surface area contributed by atoms with Gasteiger partial charge < -0.3 is 16.4 Å². The van der Waals surface area contributed by atoms with E-state index in [1.165, 1.54) is 19.3 Å². The smallest absolute Gasteiger partial charge is 0.222 e. The Kier molecular flexibility index (Phi) is 4.17. The molecule has 3 heterocycles. The van der Waals surface area contributed by atoms with Gasteiger partial charge in [0.05, 0.1) is 11.2 Å². The molecule has 142 valence electrons. The second-order valence-corrected chi connectivity index (χ2v) is 8.41. The minimum absolute atomic E-state index is 0.173. The van der Waals surface area contributed by atoms with Gasteiger partial charge in [0.2, 0.25) is 5.95 Å². The highest BCUT2D eigenvalue weighted by molar-refractivity contribution is 5.91. The van der Waals surface area contributed by atoms with Crippen LogP contribution in [0.1, 0.15) is 40.0 Å². The van der Waals surface area contributed by atoms with E-state index in [0.717, 1.165) is 34.5 Å². The minimum Gasteiger partial charge on any atom is -0.382 e. The molecular formula is C20H27N7. The van der Waals surface area contributed by atoms with Gasteiger partial charge in [-0.2, -0.15) is 10.1 Å². The molecule has 0 bridgehead atoms. The number of nitrogens with two attached hydrogens (primary N) is 2. The van der Waals surface area contributed by atoms with Gasteiger partial charge in [-0.05, 0) is 36.8 Å². The molecular weight excluding hydrogens is 338 g/mol. The van der Waals surface area contributed by atoms with E-state index in [9.17, 15) is 0 Å². The van der Waals surface area contributed by atoms with Crippen molar-refractivity contribution in [3.8, 4) is 11.3 Å². The first kappa shape index (κ1) is 17.6. The highest BCUT2D eigenvalue weighted by Gasteiger charge is 2.33. The molecule has 27 heavy (non-hydrogen) atoms. The number of hydrogen-bond donors (Lipinski definition) is 3. The highest BCUT2D eigenvalue weighted by atomic mass is 15.2. The fourth-order valence-electron chi connectivity index (χ4n) is 4.05. The van der Waals surface area contributed by atoms with E-state index in [1.807, 2.05) is 24.3 Å². The van der Waals surface area contributed by atoms with Crippen LogP contribution in [0.2, 0.25) is 0 Å². The van der Waals surface area contributed by atoms with Gasteiger partial charge in [-0.25, -0.2) is 4.98 Å². The molecule has 5 N–H and O–H groups in total. The number of nitrogens with one attached hydrogen (secondary N) is 1. The number of nitrogen functional groups attached to an aromatic ring is 2. The van der Waals surface area contributed by atoms with Crippen LogP contribution in [0.4, 0.5) is 17.6 Å². The van der Waals surface area contributed by atoms with E-state index in [-0.39, 0.29) is 5.41 Å². The van der Waals surface area contributed by atoms with Crippen molar-refractivity contribution in [2.75, 3.05) is 22.9 Å². The lowest BCUT2D eigenvalue weighted by atomic mass is 9.80. The number of H-pyrrole nitrogens is 1. The number of fused-ring (bicyclic) bond motifs is 1. The molecule has 0 aliphatic carbocycles. The van der Waals surface area contributed by atoms with E-state index in [0.29, 0.717) is 17.8 Å². The van der Waals surface area contributed by atoms with Crippen LogP contribution >= 0.6 is 0 Å². The zero-order chi connectivity index (χ0) is 19.2. The summed E-state index contributed by atoms with van der Waals surface area (Å²) in [6, 6.07) is 8.43. The molecule has 0 saturated carbocycles. The molecule has 1 fully saturated rings. The van der Waals surface area contributed by atoms with Crippen molar-refractivity contribution in [3.63, 3.8) is 0 Å². The predicted octanol–water partition coefficient (Wildman–Crippen LogP) is 3.59. The molecule has 1 atom stereocenters. The normalized spacial score (nSPS) is 18.2. The summed E-state index contributed by atoms with van der Waals surface area (Å²) in [5, 5.41) is 7.93. The molecule has 1 aliphatic rings. The molecule has 7 heteroatoms. The first-order chi connectivity index (χ1) is 12.8. The second kappa shape index (κ2) is 6.40. The average Bonchev–Trinajstić information content (AvgIpc) is 3.01. The third-order valence-electron chi connectivity index (χ3n) is 5.41. The SMILES string of the molecule is CC(C)(C)C1CCCCN1c1cc(-c2ccc3c(N)n[nH]c3c2)nc(N)n1. The van der Waals surface area contributed by atoms with Crippen molar-refractivity contribution in [1.29, 1.82) is 0 Å². The molecule has 0 radical (unpaired) electrons. The minimum atomic E-state index is 0.173. The number of anilines is 3. The van der Waals surface area contributed by atoms with Crippen molar-refractivity contribution in [2.24, 2.45) is 5.41 Å². The first-order valence-electron chi connectivity index (χ1n) is 9.48. The number of aromatic nitrogens is 4. The van der Waals surface area contributed by atoms with Gasteiger partial charge in [0.25, 0.3) is 0 Å². The van der Waals surface area contributed by atoms with Crippen molar-refractivity contribution in [1.82, 2.24) is 20.2 Å². The zero-order valence-corrected chi connectivity index (χ0v) is 16.2. The molecule has 0 spiro atoms. The molecule has 0 amide bonds. The Morgan fingerprint density at radius 2 is 1.93 bits per heavy atom. The van der Waals surface area contributed by atoms with Gasteiger partial charge >= 0.3 is 0 Å². The number of hydrogen-bond acceptors (Lipinski definition) is 6. The average molecular weight is 365 g/mol. The van der Waals surface area contributed by atoms with Gasteiger partial charge in [-0.15, -0.1) is 0 Å². The molecule has 1 saturated heterocycles. The Hall–Kier alpha value is -2.83. The monoisotopic (exact) mass is 365 g/mol. The van der Waals surface area contributed by atoms with Crippen molar-refractivity contribution in [2.45, 2.75) is 46.1 Å². The quantitative estimate of drug-likeness (QED) is 0.640. The Morgan fingerprint density at radius 3 is 2.70 bits per heavy atom. The van der Waals surface area contributed by atoms with E-state index in [2.05, 4.69) is 45.8 Å². The summed E-state index contributed by atoms with van der Waals surface area (Å²) in [5.74, 6) is 1.70. The Bertz CT molecular complexity index is 970. The largest absolute Gasteiger partial charge is 0.382 e. The van der Waals surface area contributed by atoms with Crippen LogP contribution in [0.15, 0.2) is 24.3 Å². The van der Waals surface area contributed by atoms with E-state index < -0.39 is 0 Å². The maximum Gasteiger partial charge on any atom is 0.222 e. The summed E-state index contributed by atoms with van der Waals surface area (Å²) in [4.78, 5) is 11.4. The standard InChI is InChI=1S/C20H27N7/c1-20(2,3)16-6-4-5-9-27(16)17-11-14(23-19(22)24-17)12-7-8-13-15(10-12)25-26-18(13)21/h7-8,10-11,16H,4-6,9H2,1-3H3,(H3,21,25,26)(H2,22,23,24). The van der Waals surface area contributed by atoms with Crippen LogP contribution in [0.5, 0.6) is 0 Å². The third-order valence-corrected chi connectivity index (χ3v) is 5.41. The van der Waals surface area contributed by atoms with Crippen molar-refractivity contribution >= 4 is 28.5 Å². The number of aromatic amines is 1. The zero-order valence-electron chi connectivity index (χ0n) is 16.2. The fraction of sp³-hybridized carbons (Fsp3) is 0.450. The van der Waals surface area contributed by atoms with Crippen LogP contribution in [-0.4, -0.2) is 32.8 Å². The lowest BCUT2D eigenvalue weighted by molar-refractivity contribution is 0.260. The summed E-state index contributed by atoms with van der Waals surface area (Å²) in [6.45, 7) is 7.86. The summed E-state index contributed by atoms with van der Waals surface area (Å²) in [6.07, 6.45) is 3.59. The number of benzene rings is 1. The maximum atomic E-state index is 6.09. The Balaban J connectivity index is 1.76. The molecule has 4 rings (SSSR count). The topological polar surface area (TPSA) is 110 Å². The molecule has 1 aromatic carbocycles. The lowest BCUT2D eigenvalue weighted by Crippen LogP contribution is -2.47. The number of piperidine rings is 1.